The molecule has 0 saturated heterocycles. The maximum Gasteiger partial charge on any atom is 0.317 e. The van der Waals surface area contributed by atoms with Gasteiger partial charge in [0.15, 0.2) is 0 Å². The van der Waals surface area contributed by atoms with E-state index in [2.05, 4.69) is 10.3 Å². The number of fused-ring (bicyclic) bond motifs is 1. The normalized spacial score (nSPS) is 17.4. The van der Waals surface area contributed by atoms with Gasteiger partial charge in [-0.2, -0.15) is 0 Å². The van der Waals surface area contributed by atoms with Gasteiger partial charge in [0.2, 0.25) is 0 Å². The molecule has 1 atom stereocenters. The van der Waals surface area contributed by atoms with E-state index in [-0.39, 0.29) is 25.0 Å². The van der Waals surface area contributed by atoms with Crippen LogP contribution in [0.25, 0.3) is 0 Å². The molecule has 1 aromatic heterocycles. The Morgan fingerprint density at radius 2 is 2.30 bits per heavy atom. The fourth-order valence-corrected chi connectivity index (χ4v) is 3.58. The molecular weight excluding hydrogens is 278 g/mol. The molecule has 1 aliphatic carbocycles. The molecule has 0 aromatic carbocycles. The number of urea groups is 1. The number of carbonyl (C=O) groups excluding carboxylic acids is 1. The summed E-state index contributed by atoms with van der Waals surface area (Å²) in [7, 11) is 1.75. The zero-order chi connectivity index (χ0) is 14.7. The highest BCUT2D eigenvalue weighted by atomic mass is 32.1. The standard InChI is InChI=1S/C13H19N3O3S/c1-8-15-9-4-3-5-10(12(9)20-8)16(2)13(19)14-7-6-11(17)18/h10H,3-7H2,1-2H3,(H,14,19)(H,17,18). The second kappa shape index (κ2) is 6.21. The van der Waals surface area contributed by atoms with E-state index in [4.69, 9.17) is 5.11 Å². The molecule has 6 nitrogen and oxygen atoms in total. The Bertz CT molecular complexity index is 515. The minimum absolute atomic E-state index is 0.0507. The van der Waals surface area contributed by atoms with E-state index in [9.17, 15) is 9.59 Å². The number of aromatic nitrogens is 1. The van der Waals surface area contributed by atoms with Gasteiger partial charge in [-0.05, 0) is 26.2 Å². The Kier molecular flexibility index (Phi) is 4.59. The molecule has 0 saturated carbocycles. The fourth-order valence-electron chi connectivity index (χ4n) is 2.43. The summed E-state index contributed by atoms with van der Waals surface area (Å²) in [5.74, 6) is -0.911. The molecule has 1 aromatic rings. The molecule has 2 N–H and O–H groups in total. The topological polar surface area (TPSA) is 82.5 Å². The zero-order valence-corrected chi connectivity index (χ0v) is 12.5. The summed E-state index contributed by atoms with van der Waals surface area (Å²) in [4.78, 5) is 29.8. The zero-order valence-electron chi connectivity index (χ0n) is 11.7. The van der Waals surface area contributed by atoms with Gasteiger partial charge in [0.05, 0.1) is 28.0 Å². The molecule has 2 amide bonds. The number of aliphatic carboxylic acids is 1. The lowest BCUT2D eigenvalue weighted by Crippen LogP contribution is -2.41. The third-order valence-electron chi connectivity index (χ3n) is 3.43. The third kappa shape index (κ3) is 3.27. The Labute approximate surface area is 121 Å². The first-order valence-electron chi connectivity index (χ1n) is 6.67. The number of nitrogens with one attached hydrogen (secondary N) is 1. The van der Waals surface area contributed by atoms with Crippen LogP contribution in [0, 0.1) is 6.92 Å². The van der Waals surface area contributed by atoms with Gasteiger partial charge in [0.1, 0.15) is 0 Å². The number of rotatable bonds is 4. The lowest BCUT2D eigenvalue weighted by molar-refractivity contribution is -0.136. The summed E-state index contributed by atoms with van der Waals surface area (Å²) >= 11 is 1.65. The molecule has 0 aliphatic heterocycles. The predicted molar refractivity (Wildman–Crippen MR) is 75.9 cm³/mol. The van der Waals surface area contributed by atoms with Gasteiger partial charge >= 0.3 is 12.0 Å². The van der Waals surface area contributed by atoms with E-state index in [0.29, 0.717) is 0 Å². The highest BCUT2D eigenvalue weighted by molar-refractivity contribution is 7.11. The largest absolute Gasteiger partial charge is 0.481 e. The van der Waals surface area contributed by atoms with Crippen molar-refractivity contribution in [1.82, 2.24) is 15.2 Å². The van der Waals surface area contributed by atoms with Crippen LogP contribution >= 0.6 is 11.3 Å². The van der Waals surface area contributed by atoms with Crippen molar-refractivity contribution in [3.63, 3.8) is 0 Å². The average molecular weight is 297 g/mol. The smallest absolute Gasteiger partial charge is 0.317 e. The van der Waals surface area contributed by atoms with Crippen LogP contribution in [-0.4, -0.2) is 40.6 Å². The summed E-state index contributed by atoms with van der Waals surface area (Å²) in [5.41, 5.74) is 1.11. The summed E-state index contributed by atoms with van der Waals surface area (Å²) in [6.07, 6.45) is 2.87. The van der Waals surface area contributed by atoms with Gasteiger partial charge in [-0.15, -0.1) is 11.3 Å². The summed E-state index contributed by atoms with van der Waals surface area (Å²) in [6.45, 7) is 2.13. The van der Waals surface area contributed by atoms with Crippen molar-refractivity contribution in [2.75, 3.05) is 13.6 Å². The van der Waals surface area contributed by atoms with Crippen molar-refractivity contribution in [3.05, 3.63) is 15.6 Å². The number of hydrogen-bond acceptors (Lipinski definition) is 4. The molecule has 1 unspecified atom stereocenters. The van der Waals surface area contributed by atoms with Crippen LogP contribution in [-0.2, 0) is 11.2 Å². The number of amides is 2. The van der Waals surface area contributed by atoms with E-state index in [1.165, 1.54) is 4.88 Å². The summed E-state index contributed by atoms with van der Waals surface area (Å²) < 4.78 is 0. The van der Waals surface area contributed by atoms with Gasteiger partial charge in [0.25, 0.3) is 0 Å². The maximum atomic E-state index is 12.0. The van der Waals surface area contributed by atoms with Crippen molar-refractivity contribution in [1.29, 1.82) is 0 Å². The van der Waals surface area contributed by atoms with Crippen LogP contribution in [0.2, 0.25) is 0 Å². The van der Waals surface area contributed by atoms with Crippen molar-refractivity contribution in [2.45, 2.75) is 38.6 Å². The van der Waals surface area contributed by atoms with Crippen molar-refractivity contribution >= 4 is 23.3 Å². The van der Waals surface area contributed by atoms with Gasteiger partial charge in [0, 0.05) is 13.6 Å². The fraction of sp³-hybridized carbons (Fsp3) is 0.615. The van der Waals surface area contributed by atoms with Crippen LogP contribution in [0.1, 0.15) is 40.9 Å². The van der Waals surface area contributed by atoms with Crippen LogP contribution in [0.4, 0.5) is 4.79 Å². The monoisotopic (exact) mass is 297 g/mol. The van der Waals surface area contributed by atoms with Crippen LogP contribution in [0.15, 0.2) is 0 Å². The third-order valence-corrected chi connectivity index (χ3v) is 4.55. The lowest BCUT2D eigenvalue weighted by Gasteiger charge is -2.30. The average Bonchev–Trinajstić information content (AvgIpc) is 2.77. The molecule has 0 bridgehead atoms. The Balaban J connectivity index is 2.00. The molecule has 1 heterocycles. The summed E-state index contributed by atoms with van der Waals surface area (Å²) in [5, 5.41) is 12.2. The number of thiazole rings is 1. The number of aryl methyl sites for hydroxylation is 2. The maximum absolute atomic E-state index is 12.0. The molecule has 2 rings (SSSR count). The first-order chi connectivity index (χ1) is 9.49. The van der Waals surface area contributed by atoms with E-state index >= 15 is 0 Å². The SMILES string of the molecule is Cc1nc2c(s1)C(N(C)C(=O)NCCC(=O)O)CCC2. The van der Waals surface area contributed by atoms with E-state index in [0.717, 1.165) is 30.0 Å². The van der Waals surface area contributed by atoms with E-state index in [1.807, 2.05) is 6.92 Å². The minimum atomic E-state index is -0.911. The molecule has 110 valence electrons. The summed E-state index contributed by atoms with van der Waals surface area (Å²) in [6, 6.07) is -0.176. The van der Waals surface area contributed by atoms with Crippen LogP contribution in [0.3, 0.4) is 0 Å². The number of nitrogens with zero attached hydrogens (tertiary/aromatic N) is 2. The lowest BCUT2D eigenvalue weighted by atomic mass is 9.97. The Morgan fingerprint density at radius 1 is 1.55 bits per heavy atom. The highest BCUT2D eigenvalue weighted by Gasteiger charge is 2.29. The molecule has 20 heavy (non-hydrogen) atoms. The van der Waals surface area contributed by atoms with E-state index < -0.39 is 5.97 Å². The predicted octanol–water partition coefficient (Wildman–Crippen LogP) is 1.95. The van der Waals surface area contributed by atoms with Gasteiger partial charge in [-0.1, -0.05) is 0 Å². The molecule has 7 heteroatoms. The van der Waals surface area contributed by atoms with Gasteiger partial charge in [-0.3, -0.25) is 4.79 Å². The van der Waals surface area contributed by atoms with Crippen LogP contribution < -0.4 is 5.32 Å². The number of carbonyl (C=O) groups is 2. The minimum Gasteiger partial charge on any atom is -0.481 e. The first kappa shape index (κ1) is 14.8. The molecule has 1 aliphatic rings. The van der Waals surface area contributed by atoms with Crippen LogP contribution in [0.5, 0.6) is 0 Å². The molecule has 0 spiro atoms. The Morgan fingerprint density at radius 3 is 3.00 bits per heavy atom. The first-order valence-corrected chi connectivity index (χ1v) is 7.49. The van der Waals surface area contributed by atoms with Gasteiger partial charge in [-0.25, -0.2) is 9.78 Å². The second-order valence-electron chi connectivity index (χ2n) is 4.94. The van der Waals surface area contributed by atoms with Crippen molar-refractivity contribution in [2.24, 2.45) is 0 Å². The molecular formula is C13H19N3O3S. The number of carboxylic acid groups (broad SMARTS) is 1. The molecule has 0 radical (unpaired) electrons. The van der Waals surface area contributed by atoms with Crippen molar-refractivity contribution < 1.29 is 14.7 Å². The highest BCUT2D eigenvalue weighted by Crippen LogP contribution is 2.37. The number of hydrogen-bond donors (Lipinski definition) is 2. The Hall–Kier alpha value is -1.63. The quantitative estimate of drug-likeness (QED) is 0.890. The second-order valence-corrected chi connectivity index (χ2v) is 6.17. The van der Waals surface area contributed by atoms with E-state index in [1.54, 1.807) is 23.3 Å². The van der Waals surface area contributed by atoms with Gasteiger partial charge < -0.3 is 15.3 Å². The number of carboxylic acids is 1. The molecule has 0 fully saturated rings. The van der Waals surface area contributed by atoms with Crippen molar-refractivity contribution in [3.8, 4) is 0 Å².